The molecular formula is C20H18N2O5. The van der Waals surface area contributed by atoms with Gasteiger partial charge < -0.3 is 15.0 Å². The molecule has 7 nitrogen and oxygen atoms in total. The average molecular weight is 366 g/mol. The van der Waals surface area contributed by atoms with Gasteiger partial charge in [-0.2, -0.15) is 0 Å². The molecular weight excluding hydrogens is 348 g/mol. The number of anilines is 2. The van der Waals surface area contributed by atoms with Crippen LogP contribution in [0.3, 0.4) is 0 Å². The zero-order chi connectivity index (χ0) is 19.4. The Labute approximate surface area is 155 Å². The number of amides is 2. The van der Waals surface area contributed by atoms with Gasteiger partial charge in [0.15, 0.2) is 11.7 Å². The molecule has 0 radical (unpaired) electrons. The quantitative estimate of drug-likeness (QED) is 0.646. The van der Waals surface area contributed by atoms with Gasteiger partial charge in [0.2, 0.25) is 11.8 Å². The van der Waals surface area contributed by atoms with Crippen LogP contribution in [0.15, 0.2) is 54.6 Å². The summed E-state index contributed by atoms with van der Waals surface area (Å²) in [7, 11) is 0. The predicted octanol–water partition coefficient (Wildman–Crippen LogP) is 2.03. The summed E-state index contributed by atoms with van der Waals surface area (Å²) >= 11 is 0. The highest BCUT2D eigenvalue weighted by Gasteiger charge is 2.44. The highest BCUT2D eigenvalue weighted by Crippen LogP contribution is 2.24. The average Bonchev–Trinajstić information content (AvgIpc) is 2.97. The minimum Gasteiger partial charge on any atom is -0.462 e. The Bertz CT molecular complexity index is 894. The third-order valence-corrected chi connectivity index (χ3v) is 4.12. The van der Waals surface area contributed by atoms with Crippen molar-refractivity contribution in [3.63, 3.8) is 0 Å². The zero-order valence-corrected chi connectivity index (χ0v) is 14.7. The summed E-state index contributed by atoms with van der Waals surface area (Å²) in [5, 5.41) is 2.54. The van der Waals surface area contributed by atoms with E-state index in [1.54, 1.807) is 55.5 Å². The second kappa shape index (κ2) is 7.82. The summed E-state index contributed by atoms with van der Waals surface area (Å²) in [6, 6.07) is 14.8. The highest BCUT2D eigenvalue weighted by atomic mass is 16.5. The fourth-order valence-electron chi connectivity index (χ4n) is 2.86. The molecule has 1 saturated heterocycles. The minimum atomic E-state index is -1.41. The number of benzene rings is 2. The molecule has 1 aliphatic heterocycles. The molecule has 2 amide bonds. The van der Waals surface area contributed by atoms with Crippen molar-refractivity contribution in [1.29, 1.82) is 0 Å². The van der Waals surface area contributed by atoms with Gasteiger partial charge in [0.05, 0.1) is 18.7 Å². The number of carbonyl (C=O) groups excluding carboxylic acids is 4. The van der Waals surface area contributed by atoms with E-state index in [2.05, 4.69) is 5.32 Å². The smallest absolute Gasteiger partial charge is 0.338 e. The van der Waals surface area contributed by atoms with E-state index in [1.165, 1.54) is 11.0 Å². The largest absolute Gasteiger partial charge is 0.462 e. The van der Waals surface area contributed by atoms with Gasteiger partial charge in [0, 0.05) is 11.4 Å². The molecule has 2 aromatic rings. The van der Waals surface area contributed by atoms with Gasteiger partial charge in [-0.05, 0) is 37.3 Å². The van der Waals surface area contributed by atoms with Crippen LogP contribution in [0.4, 0.5) is 11.4 Å². The van der Waals surface area contributed by atoms with Crippen molar-refractivity contribution in [2.24, 2.45) is 5.92 Å². The Kier molecular flexibility index (Phi) is 5.30. The van der Waals surface area contributed by atoms with Crippen LogP contribution in [0.25, 0.3) is 0 Å². The summed E-state index contributed by atoms with van der Waals surface area (Å²) in [5.74, 6) is -3.68. The lowest BCUT2D eigenvalue weighted by molar-refractivity contribution is -0.134. The third-order valence-electron chi connectivity index (χ3n) is 4.12. The number of esters is 1. The molecule has 1 N–H and O–H groups in total. The maximum Gasteiger partial charge on any atom is 0.338 e. The van der Waals surface area contributed by atoms with Crippen LogP contribution in [-0.2, 0) is 19.1 Å². The second-order valence-corrected chi connectivity index (χ2v) is 5.95. The normalized spacial score (nSPS) is 16.3. The molecule has 7 heteroatoms. The van der Waals surface area contributed by atoms with E-state index in [0.717, 1.165) is 0 Å². The fraction of sp³-hybridized carbons (Fsp3) is 0.200. The minimum absolute atomic E-state index is 0.149. The van der Waals surface area contributed by atoms with Crippen LogP contribution < -0.4 is 10.2 Å². The van der Waals surface area contributed by atoms with Gasteiger partial charge in [-0.25, -0.2) is 4.79 Å². The fourth-order valence-corrected chi connectivity index (χ4v) is 2.86. The molecule has 0 spiro atoms. The standard InChI is InChI=1S/C20H18N2O5/c1-2-27-20(26)13-7-6-8-14(11-13)21-18(24)17-16(23)12-22(19(17)25)15-9-4-3-5-10-15/h3-11,17H,2,12H2,1H3,(H,21,24)/t17-/m0/s1. The maximum atomic E-state index is 12.6. The maximum absolute atomic E-state index is 12.6. The monoisotopic (exact) mass is 366 g/mol. The van der Waals surface area contributed by atoms with Crippen LogP contribution in [0, 0.1) is 5.92 Å². The van der Waals surface area contributed by atoms with E-state index < -0.39 is 29.5 Å². The van der Waals surface area contributed by atoms with Crippen molar-refractivity contribution in [1.82, 2.24) is 0 Å². The summed E-state index contributed by atoms with van der Waals surface area (Å²) in [4.78, 5) is 50.5. The molecule has 0 aromatic heterocycles. The summed E-state index contributed by atoms with van der Waals surface area (Å²) in [5.41, 5.74) is 1.14. The van der Waals surface area contributed by atoms with Crippen LogP contribution in [0.5, 0.6) is 0 Å². The number of para-hydroxylation sites is 1. The van der Waals surface area contributed by atoms with Crippen LogP contribution >= 0.6 is 0 Å². The first kappa shape index (κ1) is 18.3. The zero-order valence-electron chi connectivity index (χ0n) is 14.7. The summed E-state index contributed by atoms with van der Waals surface area (Å²) in [6.45, 7) is 1.78. The van der Waals surface area contributed by atoms with Crippen LogP contribution in [-0.4, -0.2) is 36.7 Å². The molecule has 2 aromatic carbocycles. The number of ether oxygens (including phenoxy) is 1. The number of ketones is 1. The Balaban J connectivity index is 1.75. The van der Waals surface area contributed by atoms with E-state index in [1.807, 2.05) is 0 Å². The number of Topliss-reactive ketones (excluding diaryl/α,β-unsaturated/α-hetero) is 1. The lowest BCUT2D eigenvalue weighted by Crippen LogP contribution is -2.34. The number of hydrogen-bond donors (Lipinski definition) is 1. The van der Waals surface area contributed by atoms with Crippen molar-refractivity contribution in [3.8, 4) is 0 Å². The molecule has 0 saturated carbocycles. The van der Waals surface area contributed by atoms with Crippen LogP contribution in [0.2, 0.25) is 0 Å². The molecule has 3 rings (SSSR count). The SMILES string of the molecule is CCOC(=O)c1cccc(NC(=O)[C@@H]2C(=O)CN(c3ccccc3)C2=O)c1. The first-order chi connectivity index (χ1) is 13.0. The molecule has 0 aliphatic carbocycles. The molecule has 1 aliphatic rings. The first-order valence-electron chi connectivity index (χ1n) is 8.48. The van der Waals surface area contributed by atoms with E-state index in [4.69, 9.17) is 4.74 Å². The molecule has 1 heterocycles. The van der Waals surface area contributed by atoms with Gasteiger partial charge in [-0.3, -0.25) is 14.4 Å². The topological polar surface area (TPSA) is 92.8 Å². The van der Waals surface area contributed by atoms with Crippen molar-refractivity contribution >= 4 is 34.9 Å². The van der Waals surface area contributed by atoms with Crippen molar-refractivity contribution in [2.75, 3.05) is 23.4 Å². The number of carbonyl (C=O) groups is 4. The number of rotatable bonds is 5. The molecule has 138 valence electrons. The van der Waals surface area contributed by atoms with E-state index >= 15 is 0 Å². The van der Waals surface area contributed by atoms with Gasteiger partial charge in [0.25, 0.3) is 0 Å². The summed E-state index contributed by atoms with van der Waals surface area (Å²) < 4.78 is 4.92. The number of nitrogens with one attached hydrogen (secondary N) is 1. The Hall–Kier alpha value is -3.48. The van der Waals surface area contributed by atoms with E-state index in [-0.39, 0.29) is 18.7 Å². The van der Waals surface area contributed by atoms with Gasteiger partial charge in [-0.15, -0.1) is 0 Å². The highest BCUT2D eigenvalue weighted by molar-refractivity contribution is 6.30. The predicted molar refractivity (Wildman–Crippen MR) is 98.3 cm³/mol. The number of hydrogen-bond acceptors (Lipinski definition) is 5. The number of nitrogens with zero attached hydrogens (tertiary/aromatic N) is 1. The van der Waals surface area contributed by atoms with Crippen molar-refractivity contribution < 1.29 is 23.9 Å². The molecule has 0 unspecified atom stereocenters. The Morgan fingerprint density at radius 2 is 1.85 bits per heavy atom. The third kappa shape index (κ3) is 3.87. The van der Waals surface area contributed by atoms with Crippen LogP contribution in [0.1, 0.15) is 17.3 Å². The van der Waals surface area contributed by atoms with Crippen molar-refractivity contribution in [2.45, 2.75) is 6.92 Å². The molecule has 27 heavy (non-hydrogen) atoms. The van der Waals surface area contributed by atoms with Gasteiger partial charge in [-0.1, -0.05) is 24.3 Å². The molecule has 1 atom stereocenters. The Morgan fingerprint density at radius 1 is 1.11 bits per heavy atom. The van der Waals surface area contributed by atoms with Crippen molar-refractivity contribution in [3.05, 3.63) is 60.2 Å². The van der Waals surface area contributed by atoms with E-state index in [9.17, 15) is 19.2 Å². The van der Waals surface area contributed by atoms with Gasteiger partial charge >= 0.3 is 5.97 Å². The lowest BCUT2D eigenvalue weighted by atomic mass is 10.1. The first-order valence-corrected chi connectivity index (χ1v) is 8.48. The molecule has 1 fully saturated rings. The molecule has 0 bridgehead atoms. The lowest BCUT2D eigenvalue weighted by Gasteiger charge is -2.15. The van der Waals surface area contributed by atoms with Gasteiger partial charge in [0.1, 0.15) is 0 Å². The second-order valence-electron chi connectivity index (χ2n) is 5.95. The van der Waals surface area contributed by atoms with E-state index in [0.29, 0.717) is 11.4 Å². The Morgan fingerprint density at radius 3 is 2.56 bits per heavy atom. The summed E-state index contributed by atoms with van der Waals surface area (Å²) in [6.07, 6.45) is 0.